The van der Waals surface area contributed by atoms with E-state index in [0.29, 0.717) is 18.5 Å². The summed E-state index contributed by atoms with van der Waals surface area (Å²) in [6.45, 7) is 6.21. The van der Waals surface area contributed by atoms with Gasteiger partial charge >= 0.3 is 0 Å². The fourth-order valence-electron chi connectivity index (χ4n) is 2.63. The number of pyridine rings is 1. The van der Waals surface area contributed by atoms with Crippen LogP contribution in [0.3, 0.4) is 0 Å². The van der Waals surface area contributed by atoms with Crippen molar-refractivity contribution in [3.8, 4) is 0 Å². The van der Waals surface area contributed by atoms with Crippen molar-refractivity contribution in [2.24, 2.45) is 11.7 Å². The maximum Gasteiger partial charge on any atom is 0.133 e. The minimum atomic E-state index is 0.545. The molecule has 0 bridgehead atoms. The van der Waals surface area contributed by atoms with Crippen molar-refractivity contribution in [1.82, 2.24) is 4.98 Å². The summed E-state index contributed by atoms with van der Waals surface area (Å²) in [6, 6.07) is 2.69. The molecule has 0 amide bonds. The number of aromatic nitrogens is 1. The lowest BCUT2D eigenvalue weighted by molar-refractivity contribution is 0.489. The molecule has 2 heterocycles. The third kappa shape index (κ3) is 2.63. The highest BCUT2D eigenvalue weighted by atomic mass is 79.9. The van der Waals surface area contributed by atoms with Gasteiger partial charge in [0.05, 0.1) is 0 Å². The van der Waals surface area contributed by atoms with Gasteiger partial charge in [-0.2, -0.15) is 0 Å². The van der Waals surface area contributed by atoms with Gasteiger partial charge in [-0.05, 0) is 40.8 Å². The number of halogens is 1. The van der Waals surface area contributed by atoms with Gasteiger partial charge in [-0.15, -0.1) is 0 Å². The predicted octanol–water partition coefficient (Wildman–Crippen LogP) is 2.93. The van der Waals surface area contributed by atoms with Crippen LogP contribution in [0.25, 0.3) is 0 Å². The molecule has 0 spiro atoms. The van der Waals surface area contributed by atoms with Crippen molar-refractivity contribution in [3.05, 3.63) is 22.3 Å². The van der Waals surface area contributed by atoms with Crippen LogP contribution in [-0.4, -0.2) is 17.6 Å². The van der Waals surface area contributed by atoms with Crippen molar-refractivity contribution in [2.75, 3.05) is 11.4 Å². The Morgan fingerprint density at radius 2 is 2.35 bits per heavy atom. The van der Waals surface area contributed by atoms with Gasteiger partial charge in [-0.25, -0.2) is 4.98 Å². The van der Waals surface area contributed by atoms with E-state index in [4.69, 9.17) is 5.73 Å². The zero-order valence-electron chi connectivity index (χ0n) is 10.5. The molecule has 1 aromatic rings. The summed E-state index contributed by atoms with van der Waals surface area (Å²) in [7, 11) is 0. The third-order valence-corrected chi connectivity index (χ3v) is 3.90. The molecule has 1 atom stereocenters. The molecule has 94 valence electrons. The van der Waals surface area contributed by atoms with E-state index in [2.05, 4.69) is 45.7 Å². The van der Waals surface area contributed by atoms with Gasteiger partial charge in [-0.3, -0.25) is 0 Å². The molecule has 3 nitrogen and oxygen atoms in total. The summed E-state index contributed by atoms with van der Waals surface area (Å²) in [5.41, 5.74) is 6.95. The van der Waals surface area contributed by atoms with Crippen LogP contribution in [0.5, 0.6) is 0 Å². The van der Waals surface area contributed by atoms with E-state index in [1.54, 1.807) is 0 Å². The summed E-state index contributed by atoms with van der Waals surface area (Å²) in [4.78, 5) is 6.99. The van der Waals surface area contributed by atoms with Gasteiger partial charge in [0.2, 0.25) is 0 Å². The van der Waals surface area contributed by atoms with Crippen molar-refractivity contribution in [2.45, 2.75) is 39.3 Å². The molecule has 0 aromatic carbocycles. The maximum atomic E-state index is 5.82. The number of rotatable bonds is 3. The first kappa shape index (κ1) is 12.8. The van der Waals surface area contributed by atoms with Crippen LogP contribution in [0.2, 0.25) is 0 Å². The summed E-state index contributed by atoms with van der Waals surface area (Å²) >= 11 is 3.45. The number of nitrogens with zero attached hydrogens (tertiary/aromatic N) is 2. The van der Waals surface area contributed by atoms with Crippen LogP contribution in [-0.2, 0) is 6.54 Å². The van der Waals surface area contributed by atoms with Crippen LogP contribution >= 0.6 is 15.9 Å². The summed E-state index contributed by atoms with van der Waals surface area (Å²) < 4.78 is 1.00. The molecule has 1 aliphatic heterocycles. The van der Waals surface area contributed by atoms with Crippen molar-refractivity contribution in [1.29, 1.82) is 0 Å². The first-order valence-electron chi connectivity index (χ1n) is 6.24. The minimum Gasteiger partial charge on any atom is -0.353 e. The van der Waals surface area contributed by atoms with Crippen molar-refractivity contribution in [3.63, 3.8) is 0 Å². The van der Waals surface area contributed by atoms with E-state index in [-0.39, 0.29) is 0 Å². The van der Waals surface area contributed by atoms with Crippen LogP contribution in [0, 0.1) is 5.92 Å². The molecule has 2 rings (SSSR count). The number of nitrogens with two attached hydrogens (primary N) is 1. The molecule has 1 fully saturated rings. The molecule has 1 unspecified atom stereocenters. The van der Waals surface area contributed by atoms with E-state index in [0.717, 1.165) is 22.4 Å². The second-order valence-corrected chi connectivity index (χ2v) is 5.90. The average Bonchev–Trinajstić information content (AvgIpc) is 2.77. The molecule has 17 heavy (non-hydrogen) atoms. The Hall–Kier alpha value is -0.610. The van der Waals surface area contributed by atoms with E-state index in [9.17, 15) is 0 Å². The van der Waals surface area contributed by atoms with Gasteiger partial charge < -0.3 is 10.6 Å². The zero-order chi connectivity index (χ0) is 12.4. The van der Waals surface area contributed by atoms with E-state index < -0.39 is 0 Å². The fraction of sp³-hybridized carbons (Fsp3) is 0.615. The molecule has 1 aromatic heterocycles. The smallest absolute Gasteiger partial charge is 0.133 e. The Morgan fingerprint density at radius 1 is 1.59 bits per heavy atom. The average molecular weight is 298 g/mol. The fourth-order valence-corrected chi connectivity index (χ4v) is 3.01. The SMILES string of the molecule is CC(C)C1CCCN1c1ncc(Br)cc1CN. The minimum absolute atomic E-state index is 0.545. The molecule has 0 saturated carbocycles. The summed E-state index contributed by atoms with van der Waals surface area (Å²) in [5.74, 6) is 1.74. The lowest BCUT2D eigenvalue weighted by Crippen LogP contribution is -2.34. The Balaban J connectivity index is 2.32. The molecule has 1 aliphatic rings. The highest BCUT2D eigenvalue weighted by Gasteiger charge is 2.29. The summed E-state index contributed by atoms with van der Waals surface area (Å²) in [6.07, 6.45) is 4.38. The highest BCUT2D eigenvalue weighted by Crippen LogP contribution is 2.31. The number of hydrogen-bond donors (Lipinski definition) is 1. The van der Waals surface area contributed by atoms with Crippen molar-refractivity contribution >= 4 is 21.7 Å². The van der Waals surface area contributed by atoms with Gasteiger partial charge in [0.15, 0.2) is 0 Å². The topological polar surface area (TPSA) is 42.2 Å². The van der Waals surface area contributed by atoms with E-state index in [1.807, 2.05) is 6.20 Å². The second kappa shape index (κ2) is 5.36. The molecule has 1 saturated heterocycles. The molecule has 4 heteroatoms. The van der Waals surface area contributed by atoms with Gasteiger partial charge in [0.25, 0.3) is 0 Å². The van der Waals surface area contributed by atoms with E-state index in [1.165, 1.54) is 12.8 Å². The lowest BCUT2D eigenvalue weighted by Gasteiger charge is -2.30. The van der Waals surface area contributed by atoms with Gasteiger partial charge in [0, 0.05) is 35.4 Å². The molecule has 0 radical (unpaired) electrons. The predicted molar refractivity (Wildman–Crippen MR) is 75.0 cm³/mol. The lowest BCUT2D eigenvalue weighted by atomic mass is 10.0. The number of hydrogen-bond acceptors (Lipinski definition) is 3. The third-order valence-electron chi connectivity index (χ3n) is 3.47. The highest BCUT2D eigenvalue weighted by molar-refractivity contribution is 9.10. The van der Waals surface area contributed by atoms with Crippen LogP contribution in [0.4, 0.5) is 5.82 Å². The van der Waals surface area contributed by atoms with Gasteiger partial charge in [0.1, 0.15) is 5.82 Å². The first-order valence-corrected chi connectivity index (χ1v) is 7.04. The van der Waals surface area contributed by atoms with Crippen molar-refractivity contribution < 1.29 is 0 Å². The Morgan fingerprint density at radius 3 is 3.00 bits per heavy atom. The molecular formula is C13H20BrN3. The Kier molecular flexibility index (Phi) is 4.05. The normalized spacial score (nSPS) is 20.3. The molecule has 0 aliphatic carbocycles. The van der Waals surface area contributed by atoms with Crippen LogP contribution in [0.15, 0.2) is 16.7 Å². The Bertz CT molecular complexity index is 392. The number of anilines is 1. The summed E-state index contributed by atoms with van der Waals surface area (Å²) in [5, 5.41) is 0. The zero-order valence-corrected chi connectivity index (χ0v) is 12.1. The maximum absolute atomic E-state index is 5.82. The van der Waals surface area contributed by atoms with Gasteiger partial charge in [-0.1, -0.05) is 13.8 Å². The first-order chi connectivity index (χ1) is 8.13. The van der Waals surface area contributed by atoms with Crippen LogP contribution in [0.1, 0.15) is 32.3 Å². The van der Waals surface area contributed by atoms with Crippen LogP contribution < -0.4 is 10.6 Å². The Labute approximate surface area is 112 Å². The monoisotopic (exact) mass is 297 g/mol. The second-order valence-electron chi connectivity index (χ2n) is 4.99. The quantitative estimate of drug-likeness (QED) is 0.933. The molecular weight excluding hydrogens is 278 g/mol. The largest absolute Gasteiger partial charge is 0.353 e. The van der Waals surface area contributed by atoms with E-state index >= 15 is 0 Å². The standard InChI is InChI=1S/C13H20BrN3/c1-9(2)12-4-3-5-17(12)13-10(7-15)6-11(14)8-16-13/h6,8-9,12H,3-5,7,15H2,1-2H3. The molecule has 2 N–H and O–H groups in total.